The van der Waals surface area contributed by atoms with Crippen molar-refractivity contribution in [3.63, 3.8) is 0 Å². The normalized spacial score (nSPS) is 15.9. The molecule has 1 saturated heterocycles. The first-order valence-corrected chi connectivity index (χ1v) is 12.9. The minimum atomic E-state index is -3.72. The quantitative estimate of drug-likeness (QED) is 0.489. The molecular weight excluding hydrogens is 463 g/mol. The number of fused-ring (bicyclic) bond motifs is 1. The van der Waals surface area contributed by atoms with Crippen molar-refractivity contribution in [2.75, 3.05) is 13.1 Å². The zero-order valence-electron chi connectivity index (χ0n) is 19.3. The van der Waals surface area contributed by atoms with Crippen LogP contribution in [-0.2, 0) is 30.2 Å². The zero-order valence-corrected chi connectivity index (χ0v) is 20.1. The summed E-state index contributed by atoms with van der Waals surface area (Å²) < 4.78 is 44.2. The van der Waals surface area contributed by atoms with Crippen LogP contribution in [0.5, 0.6) is 0 Å². The van der Waals surface area contributed by atoms with Crippen molar-refractivity contribution in [2.24, 2.45) is 7.05 Å². The number of unbranched alkanes of at least 4 members (excludes halogenated alkanes) is 1. The Bertz CT molecular complexity index is 1390. The summed E-state index contributed by atoms with van der Waals surface area (Å²) in [5.74, 6) is 0.181. The summed E-state index contributed by atoms with van der Waals surface area (Å²) >= 11 is 0. The maximum atomic E-state index is 13.1. The third-order valence-electron chi connectivity index (χ3n) is 6.24. The summed E-state index contributed by atoms with van der Waals surface area (Å²) in [4.78, 5) is 33.9. The van der Waals surface area contributed by atoms with Crippen molar-refractivity contribution < 1.29 is 12.8 Å². The molecule has 0 bridgehead atoms. The number of hydrogen-bond acceptors (Lipinski definition) is 6. The molecule has 3 aromatic rings. The number of halogens is 1. The summed E-state index contributed by atoms with van der Waals surface area (Å²) in [6.07, 6.45) is 2.92. The van der Waals surface area contributed by atoms with Crippen LogP contribution in [0, 0.1) is 5.82 Å². The second-order valence-corrected chi connectivity index (χ2v) is 10.4. The Labute approximate surface area is 196 Å². The number of aryl methyl sites for hydroxylation is 2. The van der Waals surface area contributed by atoms with Crippen molar-refractivity contribution >= 4 is 21.2 Å². The number of piperidine rings is 1. The zero-order chi connectivity index (χ0) is 24.5. The molecular formula is C22H29FN6O4S. The van der Waals surface area contributed by atoms with Crippen LogP contribution in [-0.4, -0.2) is 51.6 Å². The highest BCUT2D eigenvalue weighted by atomic mass is 32.2. The first kappa shape index (κ1) is 24.3. The summed E-state index contributed by atoms with van der Waals surface area (Å²) in [5.41, 5.74) is -0.151. The molecule has 10 nitrogen and oxygen atoms in total. The molecule has 0 aliphatic carbocycles. The SMILES string of the molecule is CCCCn1c(=O)[nH]c(=O)c2c1nc(CN1CCC(NS(=O)(=O)c3ccc(F)cc3)CC1)n2C. The number of likely N-dealkylation sites (tertiary alicyclic amines) is 1. The smallest absolute Gasteiger partial charge is 0.324 e. The Balaban J connectivity index is 1.45. The van der Waals surface area contributed by atoms with Gasteiger partial charge >= 0.3 is 5.69 Å². The highest BCUT2D eigenvalue weighted by Crippen LogP contribution is 2.18. The van der Waals surface area contributed by atoms with E-state index >= 15 is 0 Å². The van der Waals surface area contributed by atoms with Gasteiger partial charge in [0.2, 0.25) is 10.0 Å². The highest BCUT2D eigenvalue weighted by molar-refractivity contribution is 7.89. The molecule has 0 atom stereocenters. The van der Waals surface area contributed by atoms with E-state index in [-0.39, 0.29) is 10.9 Å². The van der Waals surface area contributed by atoms with E-state index in [1.165, 1.54) is 16.7 Å². The molecule has 1 aromatic carbocycles. The van der Waals surface area contributed by atoms with Crippen LogP contribution in [0.15, 0.2) is 38.8 Å². The Kier molecular flexibility index (Phi) is 7.01. The van der Waals surface area contributed by atoms with E-state index in [0.29, 0.717) is 56.0 Å². The Morgan fingerprint density at radius 1 is 1.18 bits per heavy atom. The van der Waals surface area contributed by atoms with Gasteiger partial charge in [-0.15, -0.1) is 0 Å². The lowest BCUT2D eigenvalue weighted by Gasteiger charge is -2.31. The van der Waals surface area contributed by atoms with Gasteiger partial charge in [-0.3, -0.25) is 19.2 Å². The van der Waals surface area contributed by atoms with Crippen LogP contribution in [0.4, 0.5) is 4.39 Å². The summed E-state index contributed by atoms with van der Waals surface area (Å²) in [7, 11) is -1.96. The summed E-state index contributed by atoms with van der Waals surface area (Å²) in [6, 6.07) is 4.52. The van der Waals surface area contributed by atoms with E-state index < -0.39 is 27.1 Å². The lowest BCUT2D eigenvalue weighted by atomic mass is 10.1. The molecule has 0 radical (unpaired) electrons. The molecule has 2 N–H and O–H groups in total. The predicted octanol–water partition coefficient (Wildman–Crippen LogP) is 1.31. The van der Waals surface area contributed by atoms with Crippen molar-refractivity contribution in [1.29, 1.82) is 0 Å². The van der Waals surface area contributed by atoms with Gasteiger partial charge in [0, 0.05) is 32.7 Å². The van der Waals surface area contributed by atoms with Gasteiger partial charge in [0.1, 0.15) is 11.6 Å². The van der Waals surface area contributed by atoms with Crippen LogP contribution in [0.3, 0.4) is 0 Å². The number of nitrogens with one attached hydrogen (secondary N) is 2. The van der Waals surface area contributed by atoms with Crippen molar-refractivity contribution in [3.05, 3.63) is 56.7 Å². The molecule has 3 heterocycles. The van der Waals surface area contributed by atoms with Crippen LogP contribution >= 0.6 is 0 Å². The minimum absolute atomic E-state index is 0.0374. The topological polar surface area (TPSA) is 122 Å². The first-order valence-electron chi connectivity index (χ1n) is 11.4. The minimum Gasteiger partial charge on any atom is -0.324 e. The first-order chi connectivity index (χ1) is 16.2. The largest absolute Gasteiger partial charge is 0.330 e. The third-order valence-corrected chi connectivity index (χ3v) is 7.78. The second-order valence-electron chi connectivity index (χ2n) is 8.65. The average molecular weight is 493 g/mol. The molecule has 0 unspecified atom stereocenters. The number of nitrogens with zero attached hydrogens (tertiary/aromatic N) is 4. The van der Waals surface area contributed by atoms with Crippen molar-refractivity contribution in [2.45, 2.75) is 56.6 Å². The van der Waals surface area contributed by atoms with Crippen LogP contribution in [0.1, 0.15) is 38.4 Å². The van der Waals surface area contributed by atoms with Gasteiger partial charge in [-0.05, 0) is 43.5 Å². The van der Waals surface area contributed by atoms with Crippen LogP contribution in [0.25, 0.3) is 11.2 Å². The molecule has 4 rings (SSSR count). The van der Waals surface area contributed by atoms with Gasteiger partial charge in [-0.1, -0.05) is 13.3 Å². The van der Waals surface area contributed by atoms with E-state index in [2.05, 4.69) is 19.6 Å². The maximum Gasteiger partial charge on any atom is 0.330 e. The van der Waals surface area contributed by atoms with Gasteiger partial charge < -0.3 is 4.57 Å². The number of hydrogen-bond donors (Lipinski definition) is 2. The number of aromatic nitrogens is 4. The molecule has 0 saturated carbocycles. The maximum absolute atomic E-state index is 13.1. The summed E-state index contributed by atoms with van der Waals surface area (Å²) in [5, 5.41) is 0. The Hall–Kier alpha value is -2.83. The third kappa shape index (κ3) is 4.98. The molecule has 184 valence electrons. The van der Waals surface area contributed by atoms with E-state index in [9.17, 15) is 22.4 Å². The van der Waals surface area contributed by atoms with Gasteiger partial charge in [0.15, 0.2) is 11.2 Å². The number of H-pyrrole nitrogens is 1. The number of benzene rings is 1. The molecule has 1 aliphatic heterocycles. The molecule has 0 amide bonds. The predicted molar refractivity (Wildman–Crippen MR) is 126 cm³/mol. The highest BCUT2D eigenvalue weighted by Gasteiger charge is 2.26. The van der Waals surface area contributed by atoms with Gasteiger partial charge in [0.05, 0.1) is 11.4 Å². The van der Waals surface area contributed by atoms with Crippen molar-refractivity contribution in [3.8, 4) is 0 Å². The van der Waals surface area contributed by atoms with E-state index in [1.807, 2.05) is 6.92 Å². The van der Waals surface area contributed by atoms with E-state index in [0.717, 1.165) is 25.0 Å². The molecule has 34 heavy (non-hydrogen) atoms. The standard InChI is InChI=1S/C22H29FN6O4S/c1-3-4-11-29-20-19(21(30)25-22(29)31)27(2)18(24-20)14-28-12-9-16(10-13-28)26-34(32,33)17-7-5-15(23)6-8-17/h5-8,16,26H,3-4,9-14H2,1-2H3,(H,25,30,31). The number of imidazole rings is 1. The number of rotatable bonds is 8. The van der Waals surface area contributed by atoms with Gasteiger partial charge in [0.25, 0.3) is 5.56 Å². The molecule has 12 heteroatoms. The molecule has 2 aromatic heterocycles. The number of aromatic amines is 1. The summed E-state index contributed by atoms with van der Waals surface area (Å²) in [6.45, 7) is 4.27. The fourth-order valence-corrected chi connectivity index (χ4v) is 5.57. The Morgan fingerprint density at radius 2 is 1.85 bits per heavy atom. The van der Waals surface area contributed by atoms with Gasteiger partial charge in [-0.25, -0.2) is 27.3 Å². The van der Waals surface area contributed by atoms with E-state index in [4.69, 9.17) is 0 Å². The molecule has 0 spiro atoms. The van der Waals surface area contributed by atoms with Crippen LogP contribution in [0.2, 0.25) is 0 Å². The fraction of sp³-hybridized carbons (Fsp3) is 0.500. The lowest BCUT2D eigenvalue weighted by molar-refractivity contribution is 0.194. The lowest BCUT2D eigenvalue weighted by Crippen LogP contribution is -2.44. The van der Waals surface area contributed by atoms with Gasteiger partial charge in [-0.2, -0.15) is 0 Å². The van der Waals surface area contributed by atoms with Crippen molar-refractivity contribution in [1.82, 2.24) is 28.7 Å². The second kappa shape index (κ2) is 9.80. The molecule has 1 aliphatic rings. The van der Waals surface area contributed by atoms with Crippen LogP contribution < -0.4 is 16.0 Å². The van der Waals surface area contributed by atoms with E-state index in [1.54, 1.807) is 11.6 Å². The molecule has 1 fully saturated rings. The average Bonchev–Trinajstić information content (AvgIpc) is 3.11. The number of sulfonamides is 1. The Morgan fingerprint density at radius 3 is 2.50 bits per heavy atom. The fourth-order valence-electron chi connectivity index (χ4n) is 4.27. The monoisotopic (exact) mass is 492 g/mol.